The van der Waals surface area contributed by atoms with Crippen molar-refractivity contribution in [1.29, 1.82) is 0 Å². The first-order chi connectivity index (χ1) is 6.66. The van der Waals surface area contributed by atoms with Crippen LogP contribution in [0.2, 0.25) is 0 Å². The van der Waals surface area contributed by atoms with E-state index in [9.17, 15) is 0 Å². The van der Waals surface area contributed by atoms with Gasteiger partial charge in [-0.15, -0.1) is 0 Å². The Morgan fingerprint density at radius 1 is 1.29 bits per heavy atom. The van der Waals surface area contributed by atoms with Gasteiger partial charge in [-0.1, -0.05) is 15.9 Å². The maximum atomic E-state index is 5.40. The van der Waals surface area contributed by atoms with Gasteiger partial charge in [-0.05, 0) is 31.2 Å². The lowest BCUT2D eigenvalue weighted by Crippen LogP contribution is -1.77. The number of aromatic nitrogens is 1. The maximum Gasteiger partial charge on any atom is 0.226 e. The predicted molar refractivity (Wildman–Crippen MR) is 58.8 cm³/mol. The van der Waals surface area contributed by atoms with E-state index in [0.717, 1.165) is 15.7 Å². The highest BCUT2D eigenvalue weighted by Crippen LogP contribution is 2.22. The van der Waals surface area contributed by atoms with Gasteiger partial charge in [0.15, 0.2) is 0 Å². The van der Waals surface area contributed by atoms with Gasteiger partial charge in [0.2, 0.25) is 5.89 Å². The standard InChI is InChI=1S/C11H9BrNO/c1-7-8(2)14-11(13-7)9-3-5-10(12)6-4-9/h3-6H,2H2,1H3. The minimum atomic E-state index is 0.625. The summed E-state index contributed by atoms with van der Waals surface area (Å²) in [5.74, 6) is 1.25. The number of hydrogen-bond donors (Lipinski definition) is 0. The summed E-state index contributed by atoms with van der Waals surface area (Å²) in [5.41, 5.74) is 1.80. The van der Waals surface area contributed by atoms with Crippen LogP contribution in [0.15, 0.2) is 33.2 Å². The second-order valence-electron chi connectivity index (χ2n) is 3.03. The van der Waals surface area contributed by atoms with Crippen LogP contribution in [0.25, 0.3) is 11.5 Å². The van der Waals surface area contributed by atoms with Crippen LogP contribution < -0.4 is 0 Å². The third-order valence-electron chi connectivity index (χ3n) is 1.98. The average Bonchev–Trinajstić information content (AvgIpc) is 2.48. The molecular formula is C11H9BrNO. The van der Waals surface area contributed by atoms with Gasteiger partial charge >= 0.3 is 0 Å². The quantitative estimate of drug-likeness (QED) is 0.773. The molecule has 1 aromatic heterocycles. The normalized spacial score (nSPS) is 10.5. The Kier molecular flexibility index (Phi) is 2.42. The molecule has 0 atom stereocenters. The monoisotopic (exact) mass is 250 g/mol. The van der Waals surface area contributed by atoms with Crippen LogP contribution in [0.4, 0.5) is 0 Å². The third kappa shape index (κ3) is 1.73. The molecule has 1 aromatic carbocycles. The summed E-state index contributed by atoms with van der Waals surface area (Å²) in [6, 6.07) is 7.82. The number of benzene rings is 1. The Bertz CT molecular complexity index is 425. The Balaban J connectivity index is 2.44. The minimum absolute atomic E-state index is 0.625. The molecule has 2 nitrogen and oxygen atoms in total. The van der Waals surface area contributed by atoms with Crippen molar-refractivity contribution in [3.05, 3.63) is 47.1 Å². The molecule has 0 N–H and O–H groups in total. The number of halogens is 1. The van der Waals surface area contributed by atoms with Crippen LogP contribution in [-0.2, 0) is 0 Å². The molecule has 0 aliphatic carbocycles. The van der Waals surface area contributed by atoms with E-state index in [1.165, 1.54) is 0 Å². The lowest BCUT2D eigenvalue weighted by atomic mass is 10.2. The number of rotatable bonds is 1. The first kappa shape index (κ1) is 9.46. The lowest BCUT2D eigenvalue weighted by molar-refractivity contribution is 0.555. The van der Waals surface area contributed by atoms with E-state index in [2.05, 4.69) is 27.8 Å². The van der Waals surface area contributed by atoms with E-state index in [1.807, 2.05) is 31.2 Å². The largest absolute Gasteiger partial charge is 0.441 e. The predicted octanol–water partition coefficient (Wildman–Crippen LogP) is 3.59. The van der Waals surface area contributed by atoms with Crippen LogP contribution in [0, 0.1) is 13.8 Å². The molecule has 0 spiro atoms. The molecule has 0 bridgehead atoms. The van der Waals surface area contributed by atoms with Gasteiger partial charge in [-0.3, -0.25) is 0 Å². The summed E-state index contributed by atoms with van der Waals surface area (Å²) in [4.78, 5) is 4.27. The van der Waals surface area contributed by atoms with Crippen molar-refractivity contribution in [2.45, 2.75) is 6.92 Å². The third-order valence-corrected chi connectivity index (χ3v) is 2.51. The molecule has 71 valence electrons. The molecule has 0 aliphatic rings. The summed E-state index contributed by atoms with van der Waals surface area (Å²) in [5, 5.41) is 0. The van der Waals surface area contributed by atoms with E-state index in [-0.39, 0.29) is 0 Å². The smallest absolute Gasteiger partial charge is 0.226 e. The van der Waals surface area contributed by atoms with Crippen LogP contribution >= 0.6 is 15.9 Å². The van der Waals surface area contributed by atoms with Gasteiger partial charge in [0.1, 0.15) is 5.76 Å². The fraction of sp³-hybridized carbons (Fsp3) is 0.0909. The second-order valence-corrected chi connectivity index (χ2v) is 3.95. The molecule has 14 heavy (non-hydrogen) atoms. The minimum Gasteiger partial charge on any atom is -0.441 e. The van der Waals surface area contributed by atoms with E-state index in [4.69, 9.17) is 4.42 Å². The van der Waals surface area contributed by atoms with Gasteiger partial charge in [0, 0.05) is 17.0 Å². The van der Waals surface area contributed by atoms with Crippen molar-refractivity contribution in [2.75, 3.05) is 0 Å². The van der Waals surface area contributed by atoms with Crippen molar-refractivity contribution < 1.29 is 4.42 Å². The van der Waals surface area contributed by atoms with E-state index in [1.54, 1.807) is 0 Å². The zero-order valence-corrected chi connectivity index (χ0v) is 9.34. The Morgan fingerprint density at radius 3 is 2.43 bits per heavy atom. The molecule has 0 unspecified atom stereocenters. The van der Waals surface area contributed by atoms with Gasteiger partial charge < -0.3 is 4.42 Å². The average molecular weight is 251 g/mol. The summed E-state index contributed by atoms with van der Waals surface area (Å²) in [6.45, 7) is 5.63. The molecule has 0 aliphatic heterocycles. The SMILES string of the molecule is [CH2]c1oc(-c2ccc(Br)cc2)nc1C. The van der Waals surface area contributed by atoms with E-state index in [0.29, 0.717) is 11.7 Å². The number of nitrogens with zero attached hydrogens (tertiary/aromatic N) is 1. The molecule has 0 saturated carbocycles. The van der Waals surface area contributed by atoms with Crippen molar-refractivity contribution in [2.24, 2.45) is 0 Å². The van der Waals surface area contributed by atoms with Crippen molar-refractivity contribution in [3.8, 4) is 11.5 Å². The van der Waals surface area contributed by atoms with Crippen molar-refractivity contribution >= 4 is 15.9 Å². The lowest BCUT2D eigenvalue weighted by Gasteiger charge is -1.94. The molecule has 0 fully saturated rings. The first-order valence-electron chi connectivity index (χ1n) is 4.22. The zero-order valence-electron chi connectivity index (χ0n) is 7.75. The molecule has 2 rings (SSSR count). The maximum absolute atomic E-state index is 5.40. The van der Waals surface area contributed by atoms with Gasteiger partial charge in [-0.2, -0.15) is 0 Å². The fourth-order valence-corrected chi connectivity index (χ4v) is 1.41. The van der Waals surface area contributed by atoms with Crippen LogP contribution in [0.1, 0.15) is 11.5 Å². The second kappa shape index (κ2) is 3.58. The summed E-state index contributed by atoms with van der Waals surface area (Å²) >= 11 is 3.37. The molecule has 1 heterocycles. The van der Waals surface area contributed by atoms with Crippen LogP contribution in [0.5, 0.6) is 0 Å². The fourth-order valence-electron chi connectivity index (χ4n) is 1.14. The molecule has 1 radical (unpaired) electrons. The molecule has 2 aromatic rings. The van der Waals surface area contributed by atoms with Crippen LogP contribution in [-0.4, -0.2) is 4.98 Å². The Morgan fingerprint density at radius 2 is 1.93 bits per heavy atom. The summed E-state index contributed by atoms with van der Waals surface area (Å²) in [7, 11) is 0. The zero-order chi connectivity index (χ0) is 10.1. The summed E-state index contributed by atoms with van der Waals surface area (Å²) < 4.78 is 6.44. The first-order valence-corrected chi connectivity index (χ1v) is 5.01. The van der Waals surface area contributed by atoms with E-state index < -0.39 is 0 Å². The number of oxazole rings is 1. The van der Waals surface area contributed by atoms with Gasteiger partial charge in [0.05, 0.1) is 5.69 Å². The van der Waals surface area contributed by atoms with Gasteiger partial charge in [-0.25, -0.2) is 4.98 Å². The highest BCUT2D eigenvalue weighted by Gasteiger charge is 2.07. The van der Waals surface area contributed by atoms with E-state index >= 15 is 0 Å². The molecule has 3 heteroatoms. The molecule has 0 saturated heterocycles. The van der Waals surface area contributed by atoms with Gasteiger partial charge in [0.25, 0.3) is 0 Å². The number of aryl methyl sites for hydroxylation is 1. The van der Waals surface area contributed by atoms with Crippen LogP contribution in [0.3, 0.4) is 0 Å². The summed E-state index contributed by atoms with van der Waals surface area (Å²) in [6.07, 6.45) is 0. The molecule has 0 amide bonds. The topological polar surface area (TPSA) is 26.0 Å². The Hall–Kier alpha value is -1.09. The number of hydrogen-bond acceptors (Lipinski definition) is 2. The molecular weight excluding hydrogens is 242 g/mol. The highest BCUT2D eigenvalue weighted by molar-refractivity contribution is 9.10. The Labute approximate surface area is 91.1 Å². The van der Waals surface area contributed by atoms with Crippen molar-refractivity contribution in [1.82, 2.24) is 4.98 Å². The van der Waals surface area contributed by atoms with Crippen molar-refractivity contribution in [3.63, 3.8) is 0 Å². The highest BCUT2D eigenvalue weighted by atomic mass is 79.9.